The van der Waals surface area contributed by atoms with Crippen molar-refractivity contribution < 1.29 is 5.11 Å². The summed E-state index contributed by atoms with van der Waals surface area (Å²) in [5.41, 5.74) is 0.995. The van der Waals surface area contributed by atoms with Crippen LogP contribution in [0.1, 0.15) is 24.4 Å². The lowest BCUT2D eigenvalue weighted by Crippen LogP contribution is -2.52. The molecule has 1 fully saturated rings. The molecule has 5 nitrogen and oxygen atoms in total. The van der Waals surface area contributed by atoms with Crippen LogP contribution < -0.4 is 0 Å². The molecule has 1 aromatic heterocycles. The van der Waals surface area contributed by atoms with Gasteiger partial charge < -0.3 is 9.67 Å². The van der Waals surface area contributed by atoms with E-state index in [0.29, 0.717) is 12.6 Å². The first-order valence-corrected chi connectivity index (χ1v) is 8.29. The van der Waals surface area contributed by atoms with Gasteiger partial charge in [0, 0.05) is 51.7 Å². The number of aliphatic hydroxyl groups is 1. The van der Waals surface area contributed by atoms with E-state index in [4.69, 9.17) is 0 Å². The second kappa shape index (κ2) is 7.25. The second-order valence-electron chi connectivity index (χ2n) is 6.46. The molecule has 1 aromatic carbocycles. The molecule has 1 aliphatic rings. The van der Waals surface area contributed by atoms with Crippen LogP contribution in [-0.2, 0) is 13.6 Å². The first-order chi connectivity index (χ1) is 11.1. The minimum atomic E-state index is -0.417. The Morgan fingerprint density at radius 2 is 2.04 bits per heavy atom. The fraction of sp³-hybridized carbons (Fsp3) is 0.500. The predicted octanol–water partition coefficient (Wildman–Crippen LogP) is 1.66. The average Bonchev–Trinajstić information content (AvgIpc) is 2.96. The number of β-amino-alcohol motifs (C(OH)–C–C–N with tert-alkyl or cyclic N) is 1. The molecule has 2 atom stereocenters. The van der Waals surface area contributed by atoms with Crippen LogP contribution in [0.25, 0.3) is 0 Å². The molecule has 0 saturated carbocycles. The van der Waals surface area contributed by atoms with E-state index in [2.05, 4.69) is 26.3 Å². The highest BCUT2D eigenvalue weighted by Gasteiger charge is 2.26. The summed E-state index contributed by atoms with van der Waals surface area (Å²) in [7, 11) is 2.04. The van der Waals surface area contributed by atoms with Crippen LogP contribution in [0.5, 0.6) is 0 Å². The molecule has 1 aliphatic heterocycles. The van der Waals surface area contributed by atoms with Gasteiger partial charge in [-0.2, -0.15) is 0 Å². The summed E-state index contributed by atoms with van der Waals surface area (Å²) in [6.45, 7) is 6.83. The Bertz CT molecular complexity index is 612. The molecule has 2 heterocycles. The highest BCUT2D eigenvalue weighted by Crippen LogP contribution is 2.18. The molecule has 0 radical (unpaired) electrons. The molecule has 124 valence electrons. The Hall–Kier alpha value is -1.69. The maximum atomic E-state index is 10.4. The number of hydrogen-bond donors (Lipinski definition) is 1. The Labute approximate surface area is 138 Å². The van der Waals surface area contributed by atoms with Crippen LogP contribution in [0, 0.1) is 0 Å². The zero-order valence-corrected chi connectivity index (χ0v) is 14.0. The van der Waals surface area contributed by atoms with Gasteiger partial charge in [-0.15, -0.1) is 0 Å². The largest absolute Gasteiger partial charge is 0.387 e. The molecule has 0 unspecified atom stereocenters. The maximum absolute atomic E-state index is 10.4. The Morgan fingerprint density at radius 1 is 1.26 bits per heavy atom. The summed E-state index contributed by atoms with van der Waals surface area (Å²) in [5, 5.41) is 10.4. The Kier molecular flexibility index (Phi) is 5.10. The number of piperazine rings is 1. The van der Waals surface area contributed by atoms with Crippen LogP contribution in [0.15, 0.2) is 42.7 Å². The number of aromatic nitrogens is 2. The quantitative estimate of drug-likeness (QED) is 0.912. The van der Waals surface area contributed by atoms with Crippen molar-refractivity contribution in [3.05, 3.63) is 54.1 Å². The van der Waals surface area contributed by atoms with Gasteiger partial charge in [0.1, 0.15) is 5.82 Å². The predicted molar refractivity (Wildman–Crippen MR) is 90.9 cm³/mol. The van der Waals surface area contributed by atoms with Gasteiger partial charge in [0.05, 0.1) is 12.6 Å². The number of hydrogen-bond acceptors (Lipinski definition) is 4. The van der Waals surface area contributed by atoms with Gasteiger partial charge in [-0.25, -0.2) is 4.98 Å². The molecule has 0 spiro atoms. The number of imidazole rings is 1. The van der Waals surface area contributed by atoms with Crippen molar-refractivity contribution in [2.75, 3.05) is 26.2 Å². The van der Waals surface area contributed by atoms with Crippen molar-refractivity contribution in [1.82, 2.24) is 19.4 Å². The van der Waals surface area contributed by atoms with Gasteiger partial charge in [-0.05, 0) is 12.5 Å². The fourth-order valence-corrected chi connectivity index (χ4v) is 3.24. The first kappa shape index (κ1) is 16.2. The van der Waals surface area contributed by atoms with Crippen molar-refractivity contribution >= 4 is 0 Å². The summed E-state index contributed by atoms with van der Waals surface area (Å²) >= 11 is 0. The van der Waals surface area contributed by atoms with Gasteiger partial charge in [0.25, 0.3) is 0 Å². The monoisotopic (exact) mass is 314 g/mol. The van der Waals surface area contributed by atoms with Crippen molar-refractivity contribution in [3.63, 3.8) is 0 Å². The molecule has 0 aliphatic carbocycles. The normalized spacial score (nSPS) is 21.4. The molecule has 1 saturated heterocycles. The van der Waals surface area contributed by atoms with E-state index in [9.17, 15) is 5.11 Å². The summed E-state index contributed by atoms with van der Waals surface area (Å²) in [5.74, 6) is 1.11. The van der Waals surface area contributed by atoms with Crippen LogP contribution in [0.2, 0.25) is 0 Å². The molecular formula is C18H26N4O. The number of aryl methyl sites for hydroxylation is 1. The molecule has 0 bridgehead atoms. The van der Waals surface area contributed by atoms with E-state index in [1.165, 1.54) is 0 Å². The highest BCUT2D eigenvalue weighted by molar-refractivity contribution is 5.17. The zero-order valence-electron chi connectivity index (χ0n) is 14.0. The first-order valence-electron chi connectivity index (χ1n) is 8.29. The van der Waals surface area contributed by atoms with Crippen LogP contribution in [-0.4, -0.2) is 56.7 Å². The third-order valence-corrected chi connectivity index (χ3v) is 4.73. The van der Waals surface area contributed by atoms with E-state index in [1.807, 2.05) is 49.8 Å². The fourth-order valence-electron chi connectivity index (χ4n) is 3.24. The van der Waals surface area contributed by atoms with Gasteiger partial charge >= 0.3 is 0 Å². The Morgan fingerprint density at radius 3 is 2.70 bits per heavy atom. The lowest BCUT2D eigenvalue weighted by molar-refractivity contribution is 0.0351. The number of aliphatic hydroxyl groups excluding tert-OH is 1. The number of benzene rings is 1. The van der Waals surface area contributed by atoms with Gasteiger partial charge in [-0.1, -0.05) is 30.3 Å². The van der Waals surface area contributed by atoms with Crippen LogP contribution in [0.3, 0.4) is 0 Å². The molecule has 23 heavy (non-hydrogen) atoms. The summed E-state index contributed by atoms with van der Waals surface area (Å²) < 4.78 is 2.08. The summed E-state index contributed by atoms with van der Waals surface area (Å²) in [6.07, 6.45) is 3.43. The van der Waals surface area contributed by atoms with E-state index >= 15 is 0 Å². The highest BCUT2D eigenvalue weighted by atomic mass is 16.3. The summed E-state index contributed by atoms with van der Waals surface area (Å²) in [4.78, 5) is 9.23. The molecule has 1 N–H and O–H groups in total. The second-order valence-corrected chi connectivity index (χ2v) is 6.46. The zero-order chi connectivity index (χ0) is 16.2. The van der Waals surface area contributed by atoms with Gasteiger partial charge in [-0.3, -0.25) is 9.80 Å². The third-order valence-electron chi connectivity index (χ3n) is 4.73. The van der Waals surface area contributed by atoms with E-state index < -0.39 is 6.10 Å². The van der Waals surface area contributed by atoms with Gasteiger partial charge in [0.2, 0.25) is 0 Å². The third kappa shape index (κ3) is 3.99. The lowest BCUT2D eigenvalue weighted by Gasteiger charge is -2.40. The van der Waals surface area contributed by atoms with E-state index in [-0.39, 0.29) is 0 Å². The smallest absolute Gasteiger partial charge is 0.122 e. The number of rotatable bonds is 5. The topological polar surface area (TPSA) is 44.5 Å². The van der Waals surface area contributed by atoms with Gasteiger partial charge in [0.15, 0.2) is 0 Å². The lowest BCUT2D eigenvalue weighted by atomic mass is 10.1. The van der Waals surface area contributed by atoms with Crippen LogP contribution in [0.4, 0.5) is 0 Å². The van der Waals surface area contributed by atoms with Crippen molar-refractivity contribution in [2.45, 2.75) is 25.6 Å². The molecule has 0 amide bonds. The molecule has 3 rings (SSSR count). The number of nitrogens with zero attached hydrogens (tertiary/aromatic N) is 4. The summed E-state index contributed by atoms with van der Waals surface area (Å²) in [6, 6.07) is 10.4. The maximum Gasteiger partial charge on any atom is 0.122 e. The van der Waals surface area contributed by atoms with E-state index in [0.717, 1.165) is 37.6 Å². The SMILES string of the molecule is C[C@@H]1CN(Cc2nccn2C)CCN1C[C@H](O)c1ccccc1. The minimum Gasteiger partial charge on any atom is -0.387 e. The Balaban J connectivity index is 1.53. The van der Waals surface area contributed by atoms with Crippen molar-refractivity contribution in [3.8, 4) is 0 Å². The standard InChI is InChI=1S/C18H26N4O/c1-15-12-21(14-18-19-8-9-20(18)2)10-11-22(15)13-17(23)16-6-4-3-5-7-16/h3-9,15,17,23H,10-14H2,1-2H3/t15-,17+/m1/s1. The molecule has 5 heteroatoms. The van der Waals surface area contributed by atoms with Crippen molar-refractivity contribution in [1.29, 1.82) is 0 Å². The minimum absolute atomic E-state index is 0.417. The molecule has 2 aromatic rings. The van der Waals surface area contributed by atoms with Crippen molar-refractivity contribution in [2.24, 2.45) is 7.05 Å². The van der Waals surface area contributed by atoms with Crippen LogP contribution >= 0.6 is 0 Å². The van der Waals surface area contributed by atoms with E-state index in [1.54, 1.807) is 0 Å². The molecular weight excluding hydrogens is 288 g/mol. The average molecular weight is 314 g/mol.